The molecule has 3 aliphatic heterocycles. The molecule has 0 aliphatic carbocycles. The van der Waals surface area contributed by atoms with Crippen LogP contribution in [0, 0.1) is 0 Å². The number of nitrogens with one attached hydrogen (secondary N) is 1. The Morgan fingerprint density at radius 3 is 3.07 bits per heavy atom. The number of carbonyl (C=O) groups excluding carboxylic acids is 1. The summed E-state index contributed by atoms with van der Waals surface area (Å²) in [5.41, 5.74) is 1.18. The molecule has 156 valence electrons. The molecule has 0 bridgehead atoms. The molecule has 7 heteroatoms. The first-order valence-electron chi connectivity index (χ1n) is 11.0. The van der Waals surface area contributed by atoms with Crippen LogP contribution in [0.2, 0.25) is 0 Å². The van der Waals surface area contributed by atoms with Crippen LogP contribution in [0.5, 0.6) is 0 Å². The SMILES string of the molecule is O=C(c1cc2c(s1)C1(CCNCC1)OCC2)N1CCCCC1CCn1cccn1. The molecule has 6 nitrogen and oxygen atoms in total. The Morgan fingerprint density at radius 2 is 2.24 bits per heavy atom. The van der Waals surface area contributed by atoms with E-state index in [9.17, 15) is 4.79 Å². The van der Waals surface area contributed by atoms with E-state index < -0.39 is 0 Å². The Kier molecular flexibility index (Phi) is 5.45. The molecule has 2 fully saturated rings. The van der Waals surface area contributed by atoms with Crippen LogP contribution in [-0.2, 0) is 23.3 Å². The molecule has 2 saturated heterocycles. The highest BCUT2D eigenvalue weighted by molar-refractivity contribution is 7.14. The molecule has 1 amide bonds. The summed E-state index contributed by atoms with van der Waals surface area (Å²) < 4.78 is 8.28. The van der Waals surface area contributed by atoms with E-state index in [0.717, 1.165) is 76.2 Å². The standard InChI is InChI=1S/C22H30N4O2S/c27-21(26-13-2-1-4-18(26)5-14-25-12-3-9-24-25)19-16-17-6-15-28-22(20(17)29-19)7-10-23-11-8-22/h3,9,12,16,18,23H,1-2,4-8,10-11,13-15H2. The first-order valence-corrected chi connectivity index (χ1v) is 11.8. The first kappa shape index (κ1) is 19.3. The van der Waals surface area contributed by atoms with E-state index in [1.165, 1.54) is 16.9 Å². The summed E-state index contributed by atoms with van der Waals surface area (Å²) >= 11 is 1.70. The Balaban J connectivity index is 1.35. The number of hydrogen-bond donors (Lipinski definition) is 1. The predicted molar refractivity (Wildman–Crippen MR) is 113 cm³/mol. The van der Waals surface area contributed by atoms with Gasteiger partial charge in [0.15, 0.2) is 0 Å². The van der Waals surface area contributed by atoms with Gasteiger partial charge >= 0.3 is 0 Å². The van der Waals surface area contributed by atoms with Gasteiger partial charge in [-0.1, -0.05) is 0 Å². The summed E-state index contributed by atoms with van der Waals surface area (Å²) in [5, 5.41) is 7.76. The largest absolute Gasteiger partial charge is 0.369 e. The van der Waals surface area contributed by atoms with Crippen molar-refractivity contribution in [3.63, 3.8) is 0 Å². The molecule has 3 aliphatic rings. The van der Waals surface area contributed by atoms with Crippen molar-refractivity contribution in [3.05, 3.63) is 39.8 Å². The summed E-state index contributed by atoms with van der Waals surface area (Å²) in [7, 11) is 0. The van der Waals surface area contributed by atoms with Crippen LogP contribution in [0.15, 0.2) is 24.5 Å². The maximum Gasteiger partial charge on any atom is 0.264 e. The fourth-order valence-electron chi connectivity index (χ4n) is 5.15. The molecule has 5 heterocycles. The first-order chi connectivity index (χ1) is 14.3. The highest BCUT2D eigenvalue weighted by atomic mass is 32.1. The second-order valence-corrected chi connectivity index (χ2v) is 9.57. The molecule has 2 aromatic heterocycles. The number of aromatic nitrogens is 2. The van der Waals surface area contributed by atoms with E-state index in [0.29, 0.717) is 6.04 Å². The number of piperidine rings is 2. The van der Waals surface area contributed by atoms with Crippen LogP contribution in [0.25, 0.3) is 0 Å². The van der Waals surface area contributed by atoms with E-state index in [2.05, 4.69) is 21.4 Å². The zero-order chi connectivity index (χ0) is 19.7. The quantitative estimate of drug-likeness (QED) is 0.835. The lowest BCUT2D eigenvalue weighted by Gasteiger charge is -2.40. The van der Waals surface area contributed by atoms with Crippen molar-refractivity contribution in [2.45, 2.75) is 63.1 Å². The molecule has 29 heavy (non-hydrogen) atoms. The third-order valence-electron chi connectivity index (χ3n) is 6.73. The van der Waals surface area contributed by atoms with Gasteiger partial charge in [0, 0.05) is 36.4 Å². The average Bonchev–Trinajstić information content (AvgIpc) is 3.43. The third kappa shape index (κ3) is 3.76. The molecule has 1 N–H and O–H groups in total. The average molecular weight is 415 g/mol. The van der Waals surface area contributed by atoms with Crippen LogP contribution in [0.4, 0.5) is 0 Å². The number of ether oxygens (including phenoxy) is 1. The molecule has 1 unspecified atom stereocenters. The minimum Gasteiger partial charge on any atom is -0.369 e. The zero-order valence-electron chi connectivity index (χ0n) is 16.9. The number of hydrogen-bond acceptors (Lipinski definition) is 5. The maximum atomic E-state index is 13.5. The van der Waals surface area contributed by atoms with Crippen molar-refractivity contribution in [2.24, 2.45) is 0 Å². The second kappa shape index (κ2) is 8.20. The molecule has 0 radical (unpaired) electrons. The third-order valence-corrected chi connectivity index (χ3v) is 8.08. The van der Waals surface area contributed by atoms with Gasteiger partial charge in [0.05, 0.1) is 11.5 Å². The maximum absolute atomic E-state index is 13.5. The van der Waals surface area contributed by atoms with Crippen molar-refractivity contribution in [2.75, 3.05) is 26.2 Å². The van der Waals surface area contributed by atoms with Crippen molar-refractivity contribution in [1.29, 1.82) is 0 Å². The molecule has 0 aromatic carbocycles. The molecule has 5 rings (SSSR count). The van der Waals surface area contributed by atoms with Crippen LogP contribution in [-0.4, -0.2) is 52.9 Å². The van der Waals surface area contributed by atoms with Crippen molar-refractivity contribution < 1.29 is 9.53 Å². The second-order valence-electron chi connectivity index (χ2n) is 8.51. The fourth-order valence-corrected chi connectivity index (χ4v) is 6.52. The van der Waals surface area contributed by atoms with Gasteiger partial charge < -0.3 is 15.0 Å². The minimum atomic E-state index is -0.163. The van der Waals surface area contributed by atoms with E-state index in [1.54, 1.807) is 11.3 Å². The normalized spacial score (nSPS) is 23.9. The molecule has 1 atom stereocenters. The lowest BCUT2D eigenvalue weighted by molar-refractivity contribution is -0.0771. The number of carbonyl (C=O) groups is 1. The van der Waals surface area contributed by atoms with Crippen LogP contribution >= 0.6 is 11.3 Å². The number of likely N-dealkylation sites (tertiary alicyclic amines) is 1. The van der Waals surface area contributed by atoms with E-state index in [4.69, 9.17) is 4.74 Å². The van der Waals surface area contributed by atoms with E-state index in [1.807, 2.05) is 23.1 Å². The Labute approximate surface area is 176 Å². The smallest absolute Gasteiger partial charge is 0.264 e. The summed E-state index contributed by atoms with van der Waals surface area (Å²) in [6.07, 6.45) is 11.1. The van der Waals surface area contributed by atoms with Crippen molar-refractivity contribution in [3.8, 4) is 0 Å². The van der Waals surface area contributed by atoms with Gasteiger partial charge in [-0.15, -0.1) is 11.3 Å². The van der Waals surface area contributed by atoms with Gasteiger partial charge in [0.2, 0.25) is 0 Å². The zero-order valence-corrected chi connectivity index (χ0v) is 17.8. The monoisotopic (exact) mass is 414 g/mol. The van der Waals surface area contributed by atoms with Gasteiger partial charge in [-0.05, 0) is 75.7 Å². The van der Waals surface area contributed by atoms with Crippen molar-refractivity contribution in [1.82, 2.24) is 20.0 Å². The highest BCUT2D eigenvalue weighted by Crippen LogP contribution is 2.44. The summed E-state index contributed by atoms with van der Waals surface area (Å²) in [5.74, 6) is 0.221. The fraction of sp³-hybridized carbons (Fsp3) is 0.636. The summed E-state index contributed by atoms with van der Waals surface area (Å²) in [4.78, 5) is 17.9. The minimum absolute atomic E-state index is 0.163. The van der Waals surface area contributed by atoms with Crippen molar-refractivity contribution >= 4 is 17.2 Å². The van der Waals surface area contributed by atoms with Gasteiger partial charge in [-0.2, -0.15) is 5.10 Å². The molecular weight excluding hydrogens is 384 g/mol. The lowest BCUT2D eigenvalue weighted by Crippen LogP contribution is -2.44. The van der Waals surface area contributed by atoms with E-state index >= 15 is 0 Å². The van der Waals surface area contributed by atoms with Crippen LogP contribution < -0.4 is 5.32 Å². The van der Waals surface area contributed by atoms with Crippen LogP contribution in [0.3, 0.4) is 0 Å². The molecule has 2 aromatic rings. The summed E-state index contributed by atoms with van der Waals surface area (Å²) in [6.45, 7) is 4.49. The van der Waals surface area contributed by atoms with Crippen LogP contribution in [0.1, 0.15) is 58.6 Å². The predicted octanol–water partition coefficient (Wildman–Crippen LogP) is 3.18. The Bertz CT molecular complexity index is 841. The number of nitrogens with zero attached hydrogens (tertiary/aromatic N) is 3. The molecule has 1 spiro atoms. The number of aryl methyl sites for hydroxylation is 1. The number of fused-ring (bicyclic) bond motifs is 2. The lowest BCUT2D eigenvalue weighted by atomic mass is 9.86. The molecule has 0 saturated carbocycles. The van der Waals surface area contributed by atoms with Gasteiger partial charge in [-0.25, -0.2) is 0 Å². The Hall–Kier alpha value is -1.70. The number of thiophene rings is 1. The number of amides is 1. The van der Waals surface area contributed by atoms with Gasteiger partial charge in [0.25, 0.3) is 5.91 Å². The topological polar surface area (TPSA) is 59.4 Å². The van der Waals surface area contributed by atoms with Gasteiger partial charge in [0.1, 0.15) is 5.60 Å². The highest BCUT2D eigenvalue weighted by Gasteiger charge is 2.41. The van der Waals surface area contributed by atoms with E-state index in [-0.39, 0.29) is 11.5 Å². The Morgan fingerprint density at radius 1 is 1.34 bits per heavy atom. The molecular formula is C22H30N4O2S. The summed E-state index contributed by atoms with van der Waals surface area (Å²) in [6, 6.07) is 4.44. The number of rotatable bonds is 4. The van der Waals surface area contributed by atoms with Gasteiger partial charge in [-0.3, -0.25) is 9.48 Å².